The molecule has 0 saturated carbocycles. The lowest BCUT2D eigenvalue weighted by atomic mass is 10.0. The average molecular weight is 385 g/mol. The molecule has 3 amide bonds. The first kappa shape index (κ1) is 18.5. The number of hydrogen-bond acceptors (Lipinski definition) is 4. The Morgan fingerprint density at radius 1 is 1.30 bits per heavy atom. The second-order valence-corrected chi connectivity index (χ2v) is 6.27. The van der Waals surface area contributed by atoms with Gasteiger partial charge >= 0.3 is 6.03 Å². The van der Waals surface area contributed by atoms with Crippen LogP contribution >= 0.6 is 11.6 Å². The monoisotopic (exact) mass is 384 g/mol. The second-order valence-electron chi connectivity index (χ2n) is 5.83. The van der Waals surface area contributed by atoms with Gasteiger partial charge in [0, 0.05) is 10.6 Å². The zero-order valence-corrected chi connectivity index (χ0v) is 15.3. The van der Waals surface area contributed by atoms with Gasteiger partial charge in [0.2, 0.25) is 0 Å². The first-order valence-electron chi connectivity index (χ1n) is 8.08. The van der Waals surface area contributed by atoms with Gasteiger partial charge in [0.1, 0.15) is 5.70 Å². The van der Waals surface area contributed by atoms with E-state index in [0.717, 1.165) is 4.90 Å². The lowest BCUT2D eigenvalue weighted by Gasteiger charge is -2.12. The number of rotatable bonds is 5. The van der Waals surface area contributed by atoms with Gasteiger partial charge in [-0.15, -0.1) is 6.58 Å². The minimum absolute atomic E-state index is 0.0156. The molecule has 3 rings (SSSR count). The number of amides is 3. The highest BCUT2D eigenvalue weighted by molar-refractivity contribution is 6.32. The Kier molecular flexibility index (Phi) is 5.19. The predicted octanol–water partition coefficient (Wildman–Crippen LogP) is 3.88. The summed E-state index contributed by atoms with van der Waals surface area (Å²) >= 11 is 5.95. The molecule has 138 valence electrons. The number of aromatic hydroxyl groups is 1. The van der Waals surface area contributed by atoms with E-state index in [1.54, 1.807) is 36.4 Å². The Morgan fingerprint density at radius 2 is 2.07 bits per heavy atom. The number of anilines is 1. The first-order valence-corrected chi connectivity index (χ1v) is 8.46. The van der Waals surface area contributed by atoms with E-state index in [0.29, 0.717) is 28.3 Å². The standard InChI is InChI=1S/C20H17ClN2O4/c1-3-5-13-8-12(10-17(27-2)18(13)24)9-16-19(25)23(20(26)22-16)15-7-4-6-14(21)11-15/h3-4,6-11,24H,1,5H2,2H3,(H,22,26)/b16-9+. The largest absolute Gasteiger partial charge is 0.504 e. The second kappa shape index (κ2) is 7.55. The van der Waals surface area contributed by atoms with E-state index in [1.165, 1.54) is 19.3 Å². The Morgan fingerprint density at radius 3 is 2.74 bits per heavy atom. The van der Waals surface area contributed by atoms with Crippen LogP contribution in [0.3, 0.4) is 0 Å². The molecule has 0 spiro atoms. The van der Waals surface area contributed by atoms with Crippen LogP contribution in [-0.2, 0) is 11.2 Å². The molecule has 0 radical (unpaired) electrons. The molecule has 6 nitrogen and oxygen atoms in total. The zero-order chi connectivity index (χ0) is 19.6. The Hall–Kier alpha value is -3.25. The molecular formula is C20H17ClN2O4. The molecule has 0 unspecified atom stereocenters. The van der Waals surface area contributed by atoms with Crippen molar-refractivity contribution in [3.63, 3.8) is 0 Å². The van der Waals surface area contributed by atoms with E-state index in [1.807, 2.05) is 0 Å². The molecule has 0 bridgehead atoms. The van der Waals surface area contributed by atoms with Crippen molar-refractivity contribution >= 4 is 35.3 Å². The summed E-state index contributed by atoms with van der Waals surface area (Å²) in [7, 11) is 1.44. The molecule has 0 aliphatic carbocycles. The van der Waals surface area contributed by atoms with Gasteiger partial charge in [-0.25, -0.2) is 9.69 Å². The number of phenolic OH excluding ortho intramolecular Hbond substituents is 1. The summed E-state index contributed by atoms with van der Waals surface area (Å²) in [6.07, 6.45) is 3.60. The van der Waals surface area contributed by atoms with Crippen LogP contribution in [0.4, 0.5) is 10.5 Å². The average Bonchev–Trinajstić information content (AvgIpc) is 2.91. The molecule has 1 aliphatic rings. The van der Waals surface area contributed by atoms with Crippen LogP contribution < -0.4 is 15.0 Å². The molecule has 1 saturated heterocycles. The van der Waals surface area contributed by atoms with Gasteiger partial charge in [-0.2, -0.15) is 0 Å². The highest BCUT2D eigenvalue weighted by atomic mass is 35.5. The third-order valence-corrected chi connectivity index (χ3v) is 4.25. The number of allylic oxidation sites excluding steroid dienone is 1. The Balaban J connectivity index is 1.98. The van der Waals surface area contributed by atoms with Gasteiger partial charge in [-0.05, 0) is 48.4 Å². The van der Waals surface area contributed by atoms with Crippen LogP contribution in [0.15, 0.2) is 54.8 Å². The summed E-state index contributed by atoms with van der Waals surface area (Å²) in [6, 6.07) is 9.19. The maximum atomic E-state index is 12.7. The summed E-state index contributed by atoms with van der Waals surface area (Å²) in [5, 5.41) is 13.1. The van der Waals surface area contributed by atoms with Crippen LogP contribution in [0.25, 0.3) is 6.08 Å². The van der Waals surface area contributed by atoms with E-state index in [2.05, 4.69) is 11.9 Å². The fourth-order valence-electron chi connectivity index (χ4n) is 2.79. The van der Waals surface area contributed by atoms with E-state index in [4.69, 9.17) is 16.3 Å². The number of halogens is 1. The lowest BCUT2D eigenvalue weighted by Crippen LogP contribution is -2.30. The van der Waals surface area contributed by atoms with Crippen molar-refractivity contribution in [2.24, 2.45) is 0 Å². The van der Waals surface area contributed by atoms with Crippen LogP contribution in [0.1, 0.15) is 11.1 Å². The smallest absolute Gasteiger partial charge is 0.333 e. The number of benzene rings is 2. The van der Waals surface area contributed by atoms with Crippen molar-refractivity contribution < 1.29 is 19.4 Å². The van der Waals surface area contributed by atoms with E-state index in [9.17, 15) is 14.7 Å². The summed E-state index contributed by atoms with van der Waals surface area (Å²) in [6.45, 7) is 3.66. The molecule has 27 heavy (non-hydrogen) atoms. The van der Waals surface area contributed by atoms with Gasteiger partial charge in [0.25, 0.3) is 5.91 Å². The number of carbonyl (C=O) groups excluding carboxylic acids is 2. The van der Waals surface area contributed by atoms with Crippen LogP contribution in [0.5, 0.6) is 11.5 Å². The van der Waals surface area contributed by atoms with Crippen molar-refractivity contribution in [3.8, 4) is 11.5 Å². The fraction of sp³-hybridized carbons (Fsp3) is 0.100. The maximum absolute atomic E-state index is 12.7. The van der Waals surface area contributed by atoms with Crippen molar-refractivity contribution in [2.75, 3.05) is 12.0 Å². The number of hydrogen-bond donors (Lipinski definition) is 2. The predicted molar refractivity (Wildman–Crippen MR) is 104 cm³/mol. The molecule has 1 heterocycles. The van der Waals surface area contributed by atoms with Gasteiger partial charge in [0.15, 0.2) is 11.5 Å². The molecule has 1 fully saturated rings. The number of nitrogens with one attached hydrogen (secondary N) is 1. The molecule has 7 heteroatoms. The minimum atomic E-state index is -0.564. The number of carbonyl (C=O) groups is 2. The maximum Gasteiger partial charge on any atom is 0.333 e. The van der Waals surface area contributed by atoms with Crippen molar-refractivity contribution in [1.82, 2.24) is 5.32 Å². The molecule has 1 aliphatic heterocycles. The number of ether oxygens (including phenoxy) is 1. The lowest BCUT2D eigenvalue weighted by molar-refractivity contribution is -0.113. The highest BCUT2D eigenvalue weighted by Gasteiger charge is 2.35. The number of imide groups is 1. The van der Waals surface area contributed by atoms with Gasteiger partial charge < -0.3 is 15.2 Å². The van der Waals surface area contributed by atoms with E-state index < -0.39 is 11.9 Å². The quantitative estimate of drug-likeness (QED) is 0.466. The van der Waals surface area contributed by atoms with Crippen molar-refractivity contribution in [1.29, 1.82) is 0 Å². The number of phenols is 1. The molecular weight excluding hydrogens is 368 g/mol. The van der Waals surface area contributed by atoms with Gasteiger partial charge in [-0.1, -0.05) is 23.7 Å². The molecule has 2 aromatic carbocycles. The van der Waals surface area contributed by atoms with Crippen molar-refractivity contribution in [2.45, 2.75) is 6.42 Å². The third kappa shape index (κ3) is 3.66. The van der Waals surface area contributed by atoms with E-state index >= 15 is 0 Å². The normalized spacial score (nSPS) is 15.2. The van der Waals surface area contributed by atoms with Gasteiger partial charge in [0.05, 0.1) is 12.8 Å². The van der Waals surface area contributed by atoms with Crippen LogP contribution in [-0.4, -0.2) is 24.2 Å². The zero-order valence-electron chi connectivity index (χ0n) is 14.5. The molecule has 2 aromatic rings. The topological polar surface area (TPSA) is 78.9 Å². The number of urea groups is 1. The minimum Gasteiger partial charge on any atom is -0.504 e. The fourth-order valence-corrected chi connectivity index (χ4v) is 2.98. The third-order valence-electron chi connectivity index (χ3n) is 4.02. The van der Waals surface area contributed by atoms with Crippen LogP contribution in [0.2, 0.25) is 5.02 Å². The first-order chi connectivity index (χ1) is 12.9. The number of methoxy groups -OCH3 is 1. The Bertz CT molecular complexity index is 968. The highest BCUT2D eigenvalue weighted by Crippen LogP contribution is 2.33. The summed E-state index contributed by atoms with van der Waals surface area (Å²) in [5.41, 5.74) is 1.68. The Labute approximate surface area is 161 Å². The van der Waals surface area contributed by atoms with Gasteiger partial charge in [-0.3, -0.25) is 4.79 Å². The van der Waals surface area contributed by atoms with E-state index in [-0.39, 0.29) is 17.2 Å². The molecule has 0 atom stereocenters. The number of nitrogens with zero attached hydrogens (tertiary/aromatic N) is 1. The summed E-state index contributed by atoms with van der Waals surface area (Å²) in [5.74, 6) is -0.217. The molecule has 0 aromatic heterocycles. The van der Waals surface area contributed by atoms with Crippen molar-refractivity contribution in [3.05, 3.63) is 70.9 Å². The SMILES string of the molecule is C=CCc1cc(/C=C2/NC(=O)N(c3cccc(Cl)c3)C2=O)cc(OC)c1O. The molecule has 2 N–H and O–H groups in total. The summed E-state index contributed by atoms with van der Waals surface area (Å²) < 4.78 is 5.18. The summed E-state index contributed by atoms with van der Waals surface area (Å²) in [4.78, 5) is 26.0. The van der Waals surface area contributed by atoms with Crippen LogP contribution in [0, 0.1) is 0 Å².